The van der Waals surface area contributed by atoms with Crippen LogP contribution in [0.15, 0.2) is 18.2 Å². The van der Waals surface area contributed by atoms with Gasteiger partial charge in [-0.1, -0.05) is 20.8 Å². The second-order valence-electron chi connectivity index (χ2n) is 6.36. The molecule has 2 fully saturated rings. The number of hydrogen-bond donors (Lipinski definition) is 0. The number of halogens is 1. The Morgan fingerprint density at radius 2 is 1.90 bits per heavy atom. The molecule has 2 nitrogen and oxygen atoms in total. The number of aryl methyl sites for hydroxylation is 1. The largest absolute Gasteiger partial charge is 0.370 e. The molecule has 3 rings (SSSR count). The molecule has 0 radical (unpaired) electrons. The maximum absolute atomic E-state index is 13.2. The molecule has 2 unspecified atom stereocenters. The van der Waals surface area contributed by atoms with E-state index in [1.807, 2.05) is 26.8 Å². The number of anilines is 1. The third-order valence-corrected chi connectivity index (χ3v) is 4.64. The summed E-state index contributed by atoms with van der Waals surface area (Å²) in [5.41, 5.74) is 2.65. The Morgan fingerprint density at radius 1 is 1.20 bits per heavy atom. The highest BCUT2D eigenvalue weighted by atomic mass is 19.1. The van der Waals surface area contributed by atoms with Crippen molar-refractivity contribution in [2.45, 2.75) is 27.7 Å². The average Bonchev–Trinajstić information content (AvgIpc) is 2.81. The van der Waals surface area contributed by atoms with Gasteiger partial charge in [0.15, 0.2) is 0 Å². The van der Waals surface area contributed by atoms with Crippen molar-refractivity contribution >= 4 is 5.69 Å². The minimum Gasteiger partial charge on any atom is -0.370 e. The zero-order valence-electron chi connectivity index (χ0n) is 13.4. The SMILES string of the molecule is CC.Cc1cc(F)ccc1N1CC2CN(C)CC2(C)C1. The molecule has 2 saturated heterocycles. The molecule has 0 aliphatic carbocycles. The number of hydrogen-bond acceptors (Lipinski definition) is 2. The molecule has 3 heteroatoms. The molecule has 0 saturated carbocycles. The first-order chi connectivity index (χ1) is 9.48. The van der Waals surface area contributed by atoms with Crippen LogP contribution in [0.1, 0.15) is 26.3 Å². The zero-order valence-corrected chi connectivity index (χ0v) is 13.4. The summed E-state index contributed by atoms with van der Waals surface area (Å²) in [6, 6.07) is 5.14. The first-order valence-corrected chi connectivity index (χ1v) is 7.68. The van der Waals surface area contributed by atoms with Gasteiger partial charge < -0.3 is 9.80 Å². The van der Waals surface area contributed by atoms with Crippen molar-refractivity contribution in [1.29, 1.82) is 0 Å². The number of rotatable bonds is 1. The van der Waals surface area contributed by atoms with E-state index in [1.165, 1.54) is 18.8 Å². The van der Waals surface area contributed by atoms with E-state index in [2.05, 4.69) is 23.8 Å². The standard InChI is InChI=1S/C15H21FN2.C2H6/c1-11-6-13(16)4-5-14(11)18-8-12-7-17(3)9-15(12,2)10-18;1-2/h4-6,12H,7-10H2,1-3H3;1-2H3. The van der Waals surface area contributed by atoms with E-state index in [9.17, 15) is 4.39 Å². The second-order valence-corrected chi connectivity index (χ2v) is 6.36. The number of fused-ring (bicyclic) bond motifs is 1. The van der Waals surface area contributed by atoms with E-state index >= 15 is 0 Å². The molecule has 0 spiro atoms. The molecular formula is C17H27FN2. The van der Waals surface area contributed by atoms with Gasteiger partial charge in [0.25, 0.3) is 0 Å². The highest BCUT2D eigenvalue weighted by molar-refractivity contribution is 5.54. The Labute approximate surface area is 122 Å². The molecular weight excluding hydrogens is 251 g/mol. The van der Waals surface area contributed by atoms with Crippen LogP contribution in [0.4, 0.5) is 10.1 Å². The van der Waals surface area contributed by atoms with Crippen molar-refractivity contribution < 1.29 is 4.39 Å². The molecule has 0 bridgehead atoms. The molecule has 2 aliphatic rings. The van der Waals surface area contributed by atoms with Gasteiger partial charge in [0, 0.05) is 37.3 Å². The van der Waals surface area contributed by atoms with Crippen LogP contribution < -0.4 is 4.90 Å². The van der Waals surface area contributed by atoms with Crippen molar-refractivity contribution in [2.75, 3.05) is 38.1 Å². The highest BCUT2D eigenvalue weighted by Crippen LogP contribution is 2.43. The van der Waals surface area contributed by atoms with Gasteiger partial charge in [-0.2, -0.15) is 0 Å². The third kappa shape index (κ3) is 2.69. The minimum atomic E-state index is -0.137. The third-order valence-electron chi connectivity index (χ3n) is 4.64. The van der Waals surface area contributed by atoms with Gasteiger partial charge in [-0.3, -0.25) is 0 Å². The van der Waals surface area contributed by atoms with E-state index in [0.29, 0.717) is 5.41 Å². The van der Waals surface area contributed by atoms with E-state index in [1.54, 1.807) is 12.1 Å². The maximum atomic E-state index is 13.2. The molecule has 2 heterocycles. The van der Waals surface area contributed by atoms with Crippen LogP contribution in [0, 0.1) is 24.1 Å². The molecule has 2 aliphatic heterocycles. The van der Waals surface area contributed by atoms with E-state index in [4.69, 9.17) is 0 Å². The first kappa shape index (κ1) is 15.3. The van der Waals surface area contributed by atoms with Crippen LogP contribution >= 0.6 is 0 Å². The van der Waals surface area contributed by atoms with Gasteiger partial charge in [0.1, 0.15) is 5.82 Å². The molecule has 0 N–H and O–H groups in total. The van der Waals surface area contributed by atoms with Crippen molar-refractivity contribution in [3.63, 3.8) is 0 Å². The Morgan fingerprint density at radius 3 is 2.50 bits per heavy atom. The lowest BCUT2D eigenvalue weighted by Crippen LogP contribution is -2.31. The first-order valence-electron chi connectivity index (χ1n) is 7.68. The quantitative estimate of drug-likeness (QED) is 0.775. The van der Waals surface area contributed by atoms with Gasteiger partial charge >= 0.3 is 0 Å². The molecule has 2 atom stereocenters. The number of nitrogens with zero attached hydrogens (tertiary/aromatic N) is 2. The lowest BCUT2D eigenvalue weighted by atomic mass is 9.83. The van der Waals surface area contributed by atoms with E-state index in [-0.39, 0.29) is 5.82 Å². The van der Waals surface area contributed by atoms with Crippen LogP contribution in [-0.4, -0.2) is 38.1 Å². The lowest BCUT2D eigenvalue weighted by Gasteiger charge is -2.26. The summed E-state index contributed by atoms with van der Waals surface area (Å²) in [6.07, 6.45) is 0. The van der Waals surface area contributed by atoms with E-state index < -0.39 is 0 Å². The summed E-state index contributed by atoms with van der Waals surface area (Å²) >= 11 is 0. The molecule has 1 aromatic rings. The number of benzene rings is 1. The molecule has 112 valence electrons. The lowest BCUT2D eigenvalue weighted by molar-refractivity contribution is 0.313. The van der Waals surface area contributed by atoms with E-state index in [0.717, 1.165) is 24.6 Å². The Kier molecular flexibility index (Phi) is 4.38. The zero-order chi connectivity index (χ0) is 14.9. The fraction of sp³-hybridized carbons (Fsp3) is 0.647. The fourth-order valence-electron chi connectivity index (χ4n) is 3.79. The molecule has 0 amide bonds. The van der Waals surface area contributed by atoms with Gasteiger partial charge in [-0.05, 0) is 43.7 Å². The molecule has 0 aromatic heterocycles. The highest BCUT2D eigenvalue weighted by Gasteiger charge is 2.48. The van der Waals surface area contributed by atoms with Crippen LogP contribution in [0.25, 0.3) is 0 Å². The molecule has 1 aromatic carbocycles. The smallest absolute Gasteiger partial charge is 0.123 e. The van der Waals surface area contributed by atoms with Crippen LogP contribution in [0.3, 0.4) is 0 Å². The normalized spacial score (nSPS) is 29.1. The van der Waals surface area contributed by atoms with Crippen LogP contribution in [-0.2, 0) is 0 Å². The average molecular weight is 278 g/mol. The van der Waals surface area contributed by atoms with Crippen molar-refractivity contribution in [3.8, 4) is 0 Å². The van der Waals surface area contributed by atoms with Crippen LogP contribution in [0.5, 0.6) is 0 Å². The van der Waals surface area contributed by atoms with Crippen molar-refractivity contribution in [3.05, 3.63) is 29.6 Å². The predicted molar refractivity (Wildman–Crippen MR) is 83.8 cm³/mol. The topological polar surface area (TPSA) is 6.48 Å². The van der Waals surface area contributed by atoms with Crippen molar-refractivity contribution in [1.82, 2.24) is 4.90 Å². The van der Waals surface area contributed by atoms with Crippen LogP contribution in [0.2, 0.25) is 0 Å². The number of likely N-dealkylation sites (tertiary alicyclic amines) is 1. The Bertz CT molecular complexity index is 474. The van der Waals surface area contributed by atoms with Gasteiger partial charge in [-0.25, -0.2) is 4.39 Å². The summed E-state index contributed by atoms with van der Waals surface area (Å²) in [5.74, 6) is 0.605. The Hall–Kier alpha value is -1.09. The summed E-state index contributed by atoms with van der Waals surface area (Å²) in [7, 11) is 2.21. The fourth-order valence-corrected chi connectivity index (χ4v) is 3.79. The predicted octanol–water partition coefficient (Wildman–Crippen LogP) is 3.55. The summed E-state index contributed by atoms with van der Waals surface area (Å²) in [5, 5.41) is 0. The molecule has 20 heavy (non-hydrogen) atoms. The van der Waals surface area contributed by atoms with Gasteiger partial charge in [0.05, 0.1) is 0 Å². The summed E-state index contributed by atoms with van der Waals surface area (Å²) in [6.45, 7) is 12.9. The van der Waals surface area contributed by atoms with Crippen molar-refractivity contribution in [2.24, 2.45) is 11.3 Å². The van der Waals surface area contributed by atoms with Gasteiger partial charge in [0.2, 0.25) is 0 Å². The monoisotopic (exact) mass is 278 g/mol. The summed E-state index contributed by atoms with van der Waals surface area (Å²) < 4.78 is 13.2. The minimum absolute atomic E-state index is 0.137. The summed E-state index contributed by atoms with van der Waals surface area (Å²) in [4.78, 5) is 4.87. The Balaban J connectivity index is 0.000000704. The maximum Gasteiger partial charge on any atom is 0.123 e. The second kappa shape index (κ2) is 5.72. The van der Waals surface area contributed by atoms with Gasteiger partial charge in [-0.15, -0.1) is 0 Å².